The van der Waals surface area contributed by atoms with Crippen LogP contribution in [0.3, 0.4) is 0 Å². The topological polar surface area (TPSA) is 119 Å². The van der Waals surface area contributed by atoms with Crippen molar-refractivity contribution < 1.29 is 19.4 Å². The number of hydrazone groups is 1. The molecule has 0 radical (unpaired) electrons. The van der Waals surface area contributed by atoms with Crippen LogP contribution in [0.4, 0.5) is 0 Å². The summed E-state index contributed by atoms with van der Waals surface area (Å²) in [7, 11) is 0. The van der Waals surface area contributed by atoms with E-state index in [9.17, 15) is 9.59 Å². The maximum atomic E-state index is 12.5. The Morgan fingerprint density at radius 3 is 2.64 bits per heavy atom. The van der Waals surface area contributed by atoms with Crippen molar-refractivity contribution >= 4 is 29.9 Å². The van der Waals surface area contributed by atoms with Crippen LogP contribution in [-0.4, -0.2) is 50.3 Å². The number of carboxylic acid groups (broad SMARTS) is 1. The van der Waals surface area contributed by atoms with Gasteiger partial charge in [-0.25, -0.2) is 10.2 Å². The number of hydrogen-bond acceptors (Lipinski definition) is 7. The smallest absolute Gasteiger partial charge is 0.341 e. The molecule has 4 rings (SSSR count). The first-order valence-corrected chi connectivity index (χ1v) is 12.9. The van der Waals surface area contributed by atoms with Crippen LogP contribution in [0.5, 0.6) is 5.75 Å². The number of ether oxygens (including phenoxy) is 1. The predicted octanol–water partition coefficient (Wildman–Crippen LogP) is 4.46. The second-order valence-corrected chi connectivity index (χ2v) is 9.58. The summed E-state index contributed by atoms with van der Waals surface area (Å²) in [5, 5.41) is 22.5. The molecule has 2 aromatic carbocycles. The van der Waals surface area contributed by atoms with Crippen molar-refractivity contribution in [2.75, 3.05) is 12.4 Å². The molecule has 10 heteroatoms. The largest absolute Gasteiger partial charge is 0.481 e. The minimum absolute atomic E-state index is 0.132. The SMILES string of the molecule is Cc1ccc(-c2nnc(SCC(=O)NN=Cc3ccccc3OCC(=O)O)n2C2CCCCC2)cc1. The fourth-order valence-electron chi connectivity index (χ4n) is 4.14. The fourth-order valence-corrected chi connectivity index (χ4v) is 4.94. The molecule has 0 atom stereocenters. The van der Waals surface area contributed by atoms with Crippen LogP contribution in [0.25, 0.3) is 11.4 Å². The van der Waals surface area contributed by atoms with Gasteiger partial charge in [0.05, 0.1) is 12.0 Å². The molecule has 1 heterocycles. The van der Waals surface area contributed by atoms with E-state index in [1.807, 2.05) is 0 Å². The number of aliphatic carboxylic acids is 1. The van der Waals surface area contributed by atoms with Crippen LogP contribution in [0, 0.1) is 6.92 Å². The molecule has 1 fully saturated rings. The number of hydrogen-bond donors (Lipinski definition) is 2. The highest BCUT2D eigenvalue weighted by Crippen LogP contribution is 2.35. The Kier molecular flexibility index (Phi) is 8.72. The number of carboxylic acids is 1. The zero-order chi connectivity index (χ0) is 25.3. The molecule has 0 bridgehead atoms. The number of amides is 1. The molecule has 1 amide bonds. The highest BCUT2D eigenvalue weighted by molar-refractivity contribution is 7.99. The van der Waals surface area contributed by atoms with Gasteiger partial charge in [-0.15, -0.1) is 10.2 Å². The van der Waals surface area contributed by atoms with Gasteiger partial charge in [0.2, 0.25) is 0 Å². The van der Waals surface area contributed by atoms with Gasteiger partial charge in [0.25, 0.3) is 5.91 Å². The Hall–Kier alpha value is -3.66. The Morgan fingerprint density at radius 1 is 1.14 bits per heavy atom. The van der Waals surface area contributed by atoms with E-state index >= 15 is 0 Å². The third kappa shape index (κ3) is 6.72. The van der Waals surface area contributed by atoms with Gasteiger partial charge in [0.15, 0.2) is 17.6 Å². The number of aromatic nitrogens is 3. The molecule has 188 valence electrons. The Balaban J connectivity index is 1.42. The molecule has 1 aliphatic carbocycles. The quantitative estimate of drug-likeness (QED) is 0.236. The van der Waals surface area contributed by atoms with E-state index in [4.69, 9.17) is 9.84 Å². The average Bonchev–Trinajstić information content (AvgIpc) is 3.32. The van der Waals surface area contributed by atoms with Crippen molar-refractivity contribution in [2.24, 2.45) is 5.10 Å². The molecule has 1 aliphatic rings. The van der Waals surface area contributed by atoms with E-state index < -0.39 is 12.6 Å². The first-order valence-electron chi connectivity index (χ1n) is 11.9. The lowest BCUT2D eigenvalue weighted by atomic mass is 9.95. The molecule has 0 saturated heterocycles. The number of para-hydroxylation sites is 1. The van der Waals surface area contributed by atoms with Gasteiger partial charge in [0.1, 0.15) is 5.75 Å². The molecule has 3 aromatic rings. The summed E-state index contributed by atoms with van der Waals surface area (Å²) >= 11 is 1.34. The highest BCUT2D eigenvalue weighted by atomic mass is 32.2. The summed E-state index contributed by atoms with van der Waals surface area (Å²) in [6.45, 7) is 1.60. The van der Waals surface area contributed by atoms with Gasteiger partial charge in [-0.05, 0) is 31.9 Å². The van der Waals surface area contributed by atoms with Crippen molar-refractivity contribution in [1.29, 1.82) is 0 Å². The number of thioether (sulfide) groups is 1. The van der Waals surface area contributed by atoms with Gasteiger partial charge < -0.3 is 9.84 Å². The predicted molar refractivity (Wildman–Crippen MR) is 138 cm³/mol. The fraction of sp³-hybridized carbons (Fsp3) is 0.346. The van der Waals surface area contributed by atoms with Crippen LogP contribution in [-0.2, 0) is 9.59 Å². The molecule has 36 heavy (non-hydrogen) atoms. The third-order valence-electron chi connectivity index (χ3n) is 5.91. The number of carbonyl (C=O) groups is 2. The molecule has 2 N–H and O–H groups in total. The summed E-state index contributed by atoms with van der Waals surface area (Å²) < 4.78 is 7.45. The zero-order valence-electron chi connectivity index (χ0n) is 20.1. The van der Waals surface area contributed by atoms with Crippen LogP contribution in [0.15, 0.2) is 58.8 Å². The number of nitrogens with zero attached hydrogens (tertiary/aromatic N) is 4. The third-order valence-corrected chi connectivity index (χ3v) is 6.85. The van der Waals surface area contributed by atoms with E-state index in [1.54, 1.807) is 24.3 Å². The summed E-state index contributed by atoms with van der Waals surface area (Å²) in [6.07, 6.45) is 7.17. The first-order chi connectivity index (χ1) is 17.5. The molecule has 1 saturated carbocycles. The Morgan fingerprint density at radius 2 is 1.89 bits per heavy atom. The van der Waals surface area contributed by atoms with Crippen LogP contribution < -0.4 is 10.2 Å². The van der Waals surface area contributed by atoms with E-state index in [0.717, 1.165) is 29.4 Å². The first kappa shape index (κ1) is 25.4. The summed E-state index contributed by atoms with van der Waals surface area (Å²) in [5.41, 5.74) is 5.28. The lowest BCUT2D eigenvalue weighted by molar-refractivity contribution is -0.139. The normalized spacial score (nSPS) is 14.1. The second kappa shape index (κ2) is 12.3. The highest BCUT2D eigenvalue weighted by Gasteiger charge is 2.24. The summed E-state index contributed by atoms with van der Waals surface area (Å²) in [6, 6.07) is 15.5. The lowest BCUT2D eigenvalue weighted by Gasteiger charge is -2.25. The number of rotatable bonds is 10. The van der Waals surface area contributed by atoms with Gasteiger partial charge in [-0.3, -0.25) is 9.36 Å². The monoisotopic (exact) mass is 507 g/mol. The number of nitrogens with one attached hydrogen (secondary N) is 1. The van der Waals surface area contributed by atoms with E-state index in [-0.39, 0.29) is 11.7 Å². The lowest BCUT2D eigenvalue weighted by Crippen LogP contribution is -2.21. The molecule has 1 aromatic heterocycles. The summed E-state index contributed by atoms with van der Waals surface area (Å²) in [4.78, 5) is 23.3. The van der Waals surface area contributed by atoms with Crippen molar-refractivity contribution in [3.63, 3.8) is 0 Å². The minimum Gasteiger partial charge on any atom is -0.481 e. The maximum Gasteiger partial charge on any atom is 0.341 e. The number of carbonyl (C=O) groups excluding carboxylic acids is 1. The molecule has 0 unspecified atom stereocenters. The molecule has 9 nitrogen and oxygen atoms in total. The Bertz CT molecular complexity index is 1220. The van der Waals surface area contributed by atoms with E-state index in [1.165, 1.54) is 42.8 Å². The minimum atomic E-state index is -1.07. The average molecular weight is 508 g/mol. The number of aryl methyl sites for hydroxylation is 1. The van der Waals surface area contributed by atoms with Crippen molar-refractivity contribution in [3.8, 4) is 17.1 Å². The van der Waals surface area contributed by atoms with Gasteiger partial charge in [-0.2, -0.15) is 5.10 Å². The molecular formula is C26H29N5O4S. The second-order valence-electron chi connectivity index (χ2n) is 8.64. The maximum absolute atomic E-state index is 12.5. The van der Waals surface area contributed by atoms with E-state index in [0.29, 0.717) is 17.4 Å². The van der Waals surface area contributed by atoms with Crippen LogP contribution in [0.1, 0.15) is 49.3 Å². The van der Waals surface area contributed by atoms with Crippen molar-refractivity contribution in [2.45, 2.75) is 50.2 Å². The van der Waals surface area contributed by atoms with Crippen LogP contribution in [0.2, 0.25) is 0 Å². The molecule has 0 spiro atoms. The van der Waals surface area contributed by atoms with Gasteiger partial charge >= 0.3 is 5.97 Å². The van der Waals surface area contributed by atoms with Crippen molar-refractivity contribution in [1.82, 2.24) is 20.2 Å². The van der Waals surface area contributed by atoms with E-state index in [2.05, 4.69) is 56.5 Å². The van der Waals surface area contributed by atoms with Gasteiger partial charge in [-0.1, -0.05) is 73.0 Å². The van der Waals surface area contributed by atoms with Crippen LogP contribution >= 0.6 is 11.8 Å². The van der Waals surface area contributed by atoms with Crippen molar-refractivity contribution in [3.05, 3.63) is 59.7 Å². The molecule has 0 aliphatic heterocycles. The summed E-state index contributed by atoms with van der Waals surface area (Å²) in [5.74, 6) is -0.0148. The zero-order valence-corrected chi connectivity index (χ0v) is 20.9. The standard InChI is InChI=1S/C26H29N5O4S/c1-18-11-13-19(14-12-18)25-29-30-26(31(25)21-8-3-2-4-9-21)36-17-23(32)28-27-15-20-7-5-6-10-22(20)35-16-24(33)34/h5-7,10-15,21H,2-4,8-9,16-17H2,1H3,(H,28,32)(H,33,34). The Labute approximate surface area is 214 Å². The molecular weight excluding hydrogens is 478 g/mol. The van der Waals surface area contributed by atoms with Gasteiger partial charge in [0, 0.05) is 17.2 Å². The number of benzene rings is 2.